The molecule has 0 radical (unpaired) electrons. The fourth-order valence-electron chi connectivity index (χ4n) is 2.01. The Balaban J connectivity index is 2.40. The van der Waals surface area contributed by atoms with Crippen LogP contribution in [0.4, 0.5) is 4.79 Å². The number of aliphatic carboxylic acids is 1. The van der Waals surface area contributed by atoms with Crippen LogP contribution in [0.5, 0.6) is 0 Å². The largest absolute Gasteiger partial charge is 0.481 e. The number of ether oxygens (including phenoxy) is 1. The van der Waals surface area contributed by atoms with Crippen LogP contribution in [0.15, 0.2) is 0 Å². The molecule has 6 nitrogen and oxygen atoms in total. The highest BCUT2D eigenvalue weighted by molar-refractivity contribution is 5.77. The minimum atomic E-state index is -0.914. The zero-order valence-electron chi connectivity index (χ0n) is 11.0. The van der Waals surface area contributed by atoms with E-state index in [2.05, 4.69) is 12.2 Å². The first-order valence-electron chi connectivity index (χ1n) is 6.39. The van der Waals surface area contributed by atoms with Gasteiger partial charge in [0, 0.05) is 13.6 Å². The molecule has 2 N–H and O–H groups in total. The van der Waals surface area contributed by atoms with Crippen molar-refractivity contribution in [1.29, 1.82) is 0 Å². The lowest BCUT2D eigenvalue weighted by Gasteiger charge is -2.26. The second-order valence-corrected chi connectivity index (χ2v) is 4.60. The third-order valence-electron chi connectivity index (χ3n) is 3.24. The van der Waals surface area contributed by atoms with Crippen molar-refractivity contribution in [3.63, 3.8) is 0 Å². The molecule has 1 aliphatic rings. The van der Waals surface area contributed by atoms with E-state index in [1.807, 2.05) is 0 Å². The topological polar surface area (TPSA) is 78.9 Å². The molecule has 0 aromatic carbocycles. The molecule has 0 saturated carbocycles. The molecule has 0 bridgehead atoms. The summed E-state index contributed by atoms with van der Waals surface area (Å²) in [5.41, 5.74) is 0. The Hall–Kier alpha value is -1.30. The number of amides is 2. The first-order valence-corrected chi connectivity index (χ1v) is 6.39. The molecule has 1 saturated heterocycles. The van der Waals surface area contributed by atoms with E-state index in [-0.39, 0.29) is 25.3 Å². The van der Waals surface area contributed by atoms with E-state index in [1.54, 1.807) is 7.05 Å². The van der Waals surface area contributed by atoms with Crippen LogP contribution in [0, 0.1) is 5.92 Å². The third kappa shape index (κ3) is 3.87. The molecule has 2 unspecified atom stereocenters. The number of nitrogens with zero attached hydrogens (tertiary/aromatic N) is 1. The number of hydrogen-bond acceptors (Lipinski definition) is 3. The summed E-state index contributed by atoms with van der Waals surface area (Å²) in [6, 6.07) is -0.610. The highest BCUT2D eigenvalue weighted by Crippen LogP contribution is 2.18. The molecule has 1 rings (SSSR count). The standard InChI is InChI=1S/C12H22N2O4/c1-3-4-5-6-13-12(17)14(2)10-8-18-7-9(10)11(15)16/h9-10H,3-8H2,1-2H3,(H,13,17)(H,15,16). The van der Waals surface area contributed by atoms with Crippen LogP contribution in [0.2, 0.25) is 0 Å². The summed E-state index contributed by atoms with van der Waals surface area (Å²) in [5.74, 6) is -1.54. The first-order chi connectivity index (χ1) is 8.57. The highest BCUT2D eigenvalue weighted by Gasteiger charge is 2.38. The number of urea groups is 1. The average molecular weight is 258 g/mol. The number of hydrogen-bond donors (Lipinski definition) is 2. The minimum absolute atomic E-state index is 0.174. The molecule has 2 amide bonds. The Kier molecular flexibility index (Phi) is 5.91. The summed E-state index contributed by atoms with van der Waals surface area (Å²) >= 11 is 0. The van der Waals surface area contributed by atoms with Crippen LogP contribution in [-0.2, 0) is 9.53 Å². The molecule has 0 aromatic heterocycles. The quantitative estimate of drug-likeness (QED) is 0.694. The molecular weight excluding hydrogens is 236 g/mol. The van der Waals surface area contributed by atoms with Crippen molar-refractivity contribution in [2.75, 3.05) is 26.8 Å². The molecule has 0 spiro atoms. The van der Waals surface area contributed by atoms with Gasteiger partial charge in [0.2, 0.25) is 0 Å². The number of nitrogens with one attached hydrogen (secondary N) is 1. The smallest absolute Gasteiger partial charge is 0.317 e. The lowest BCUT2D eigenvalue weighted by molar-refractivity contribution is -0.142. The van der Waals surface area contributed by atoms with Crippen molar-refractivity contribution in [3.05, 3.63) is 0 Å². The van der Waals surface area contributed by atoms with Gasteiger partial charge in [-0.25, -0.2) is 4.79 Å². The van der Waals surface area contributed by atoms with Crippen molar-refractivity contribution in [2.24, 2.45) is 5.92 Å². The predicted molar refractivity (Wildman–Crippen MR) is 66.4 cm³/mol. The maximum absolute atomic E-state index is 11.8. The van der Waals surface area contributed by atoms with Gasteiger partial charge in [-0.05, 0) is 6.42 Å². The van der Waals surface area contributed by atoms with E-state index in [9.17, 15) is 9.59 Å². The fourth-order valence-corrected chi connectivity index (χ4v) is 2.01. The average Bonchev–Trinajstić information content (AvgIpc) is 2.82. The zero-order valence-corrected chi connectivity index (χ0v) is 11.0. The van der Waals surface area contributed by atoms with Crippen LogP contribution < -0.4 is 5.32 Å². The maximum atomic E-state index is 11.8. The van der Waals surface area contributed by atoms with Crippen molar-refractivity contribution >= 4 is 12.0 Å². The Morgan fingerprint density at radius 1 is 1.39 bits per heavy atom. The van der Waals surface area contributed by atoms with Gasteiger partial charge in [0.1, 0.15) is 5.92 Å². The van der Waals surface area contributed by atoms with E-state index in [4.69, 9.17) is 9.84 Å². The number of carbonyl (C=O) groups is 2. The van der Waals surface area contributed by atoms with E-state index in [0.29, 0.717) is 6.54 Å². The van der Waals surface area contributed by atoms with Gasteiger partial charge in [-0.2, -0.15) is 0 Å². The molecule has 2 atom stereocenters. The Morgan fingerprint density at radius 2 is 2.11 bits per heavy atom. The van der Waals surface area contributed by atoms with Crippen molar-refractivity contribution in [1.82, 2.24) is 10.2 Å². The van der Waals surface area contributed by atoms with Crippen LogP contribution in [-0.4, -0.2) is 54.9 Å². The summed E-state index contributed by atoms with van der Waals surface area (Å²) in [7, 11) is 1.62. The minimum Gasteiger partial charge on any atom is -0.481 e. The predicted octanol–water partition coefficient (Wildman–Crippen LogP) is 0.918. The Bertz CT molecular complexity index is 296. The van der Waals surface area contributed by atoms with E-state index < -0.39 is 11.9 Å². The number of likely N-dealkylation sites (N-methyl/N-ethyl adjacent to an activating group) is 1. The molecule has 18 heavy (non-hydrogen) atoms. The van der Waals surface area contributed by atoms with Crippen LogP contribution in [0.25, 0.3) is 0 Å². The lowest BCUT2D eigenvalue weighted by atomic mass is 10.0. The zero-order chi connectivity index (χ0) is 13.5. The van der Waals surface area contributed by atoms with Gasteiger partial charge in [-0.3, -0.25) is 4.79 Å². The lowest BCUT2D eigenvalue weighted by Crippen LogP contribution is -2.48. The number of carboxylic acid groups (broad SMARTS) is 1. The fraction of sp³-hybridized carbons (Fsp3) is 0.833. The molecule has 0 aromatic rings. The van der Waals surface area contributed by atoms with Crippen molar-refractivity contribution in [2.45, 2.75) is 32.2 Å². The van der Waals surface area contributed by atoms with Crippen LogP contribution in [0.3, 0.4) is 0 Å². The second kappa shape index (κ2) is 7.20. The summed E-state index contributed by atoms with van der Waals surface area (Å²) in [4.78, 5) is 24.3. The van der Waals surface area contributed by atoms with E-state index in [0.717, 1.165) is 19.3 Å². The molecule has 104 valence electrons. The number of unbranched alkanes of at least 4 members (excludes halogenated alkanes) is 2. The third-order valence-corrected chi connectivity index (χ3v) is 3.24. The van der Waals surface area contributed by atoms with Crippen molar-refractivity contribution in [3.8, 4) is 0 Å². The summed E-state index contributed by atoms with van der Waals surface area (Å²) in [6.45, 7) is 3.19. The molecule has 1 aliphatic heterocycles. The summed E-state index contributed by atoms with van der Waals surface area (Å²) in [5, 5.41) is 11.8. The first kappa shape index (κ1) is 14.8. The Morgan fingerprint density at radius 3 is 2.72 bits per heavy atom. The molecule has 6 heteroatoms. The molecule has 1 heterocycles. The van der Waals surface area contributed by atoms with Crippen LogP contribution >= 0.6 is 0 Å². The van der Waals surface area contributed by atoms with E-state index >= 15 is 0 Å². The SMILES string of the molecule is CCCCCNC(=O)N(C)C1COCC1C(=O)O. The second-order valence-electron chi connectivity index (χ2n) is 4.60. The van der Waals surface area contributed by atoms with E-state index in [1.165, 1.54) is 4.90 Å². The van der Waals surface area contributed by atoms with Gasteiger partial charge >= 0.3 is 12.0 Å². The normalized spacial score (nSPS) is 22.8. The number of carboxylic acids is 1. The van der Waals surface area contributed by atoms with Gasteiger partial charge < -0.3 is 20.1 Å². The van der Waals surface area contributed by atoms with Gasteiger partial charge in [0.05, 0.1) is 19.3 Å². The number of carbonyl (C=O) groups excluding carboxylic acids is 1. The van der Waals surface area contributed by atoms with Gasteiger partial charge in [-0.15, -0.1) is 0 Å². The summed E-state index contributed by atoms with van der Waals surface area (Å²) < 4.78 is 5.14. The number of rotatable bonds is 6. The molecule has 0 aliphatic carbocycles. The maximum Gasteiger partial charge on any atom is 0.317 e. The van der Waals surface area contributed by atoms with Gasteiger partial charge in [-0.1, -0.05) is 19.8 Å². The summed E-state index contributed by atoms with van der Waals surface area (Å²) in [6.07, 6.45) is 3.12. The molecule has 1 fully saturated rings. The van der Waals surface area contributed by atoms with Crippen LogP contribution in [0.1, 0.15) is 26.2 Å². The van der Waals surface area contributed by atoms with Gasteiger partial charge in [0.15, 0.2) is 0 Å². The van der Waals surface area contributed by atoms with Crippen molar-refractivity contribution < 1.29 is 19.4 Å². The van der Waals surface area contributed by atoms with Gasteiger partial charge in [0.25, 0.3) is 0 Å². The Labute approximate surface area is 107 Å². The molecular formula is C12H22N2O4. The highest BCUT2D eigenvalue weighted by atomic mass is 16.5. The monoisotopic (exact) mass is 258 g/mol.